The van der Waals surface area contributed by atoms with Gasteiger partial charge in [0.1, 0.15) is 5.75 Å². The zero-order valence-corrected chi connectivity index (χ0v) is 12.6. The molecule has 5 nitrogen and oxygen atoms in total. The largest absolute Gasteiger partial charge is 0.482 e. The highest BCUT2D eigenvalue weighted by atomic mass is 32.1. The number of amides is 2. The first-order chi connectivity index (χ1) is 10.7. The summed E-state index contributed by atoms with van der Waals surface area (Å²) in [5.74, 6) is 0.320. The summed E-state index contributed by atoms with van der Waals surface area (Å²) in [6.07, 6.45) is 3.34. The predicted molar refractivity (Wildman–Crippen MR) is 84.9 cm³/mol. The molecule has 2 heterocycles. The van der Waals surface area contributed by atoms with E-state index in [2.05, 4.69) is 10.6 Å². The second-order valence-corrected chi connectivity index (χ2v) is 6.55. The van der Waals surface area contributed by atoms with E-state index in [-0.39, 0.29) is 18.4 Å². The second-order valence-electron chi connectivity index (χ2n) is 5.41. The molecule has 1 aliphatic carbocycles. The van der Waals surface area contributed by atoms with Crippen molar-refractivity contribution in [2.75, 3.05) is 17.2 Å². The lowest BCUT2D eigenvalue weighted by Gasteiger charge is -2.18. The van der Waals surface area contributed by atoms with Crippen LogP contribution in [0.25, 0.3) is 0 Å². The first kappa shape index (κ1) is 13.3. The Morgan fingerprint density at radius 1 is 1.27 bits per heavy atom. The maximum Gasteiger partial charge on any atom is 0.265 e. The predicted octanol–water partition coefficient (Wildman–Crippen LogP) is 2.82. The van der Waals surface area contributed by atoms with Crippen LogP contribution in [-0.4, -0.2) is 18.4 Å². The van der Waals surface area contributed by atoms with Crippen molar-refractivity contribution in [1.82, 2.24) is 0 Å². The molecule has 1 aromatic carbocycles. The highest BCUT2D eigenvalue weighted by Crippen LogP contribution is 2.33. The number of thiophene rings is 1. The first-order valence-electron chi connectivity index (χ1n) is 7.19. The Hall–Kier alpha value is -2.34. The van der Waals surface area contributed by atoms with E-state index < -0.39 is 0 Å². The SMILES string of the molecule is O=C1COc2ccc(NC(=O)c3cc4c(s3)CCC4)cc2N1. The number of carbonyl (C=O) groups is 2. The van der Waals surface area contributed by atoms with Crippen molar-refractivity contribution in [2.24, 2.45) is 0 Å². The van der Waals surface area contributed by atoms with Gasteiger partial charge in [-0.1, -0.05) is 0 Å². The van der Waals surface area contributed by atoms with Crippen LogP contribution in [0.15, 0.2) is 24.3 Å². The van der Waals surface area contributed by atoms with Gasteiger partial charge in [-0.3, -0.25) is 9.59 Å². The zero-order chi connectivity index (χ0) is 15.1. The van der Waals surface area contributed by atoms with Crippen molar-refractivity contribution in [2.45, 2.75) is 19.3 Å². The number of carbonyl (C=O) groups excluding carboxylic acids is 2. The highest BCUT2D eigenvalue weighted by molar-refractivity contribution is 7.14. The molecule has 2 amide bonds. The molecule has 0 fully saturated rings. The Kier molecular flexibility index (Phi) is 3.11. The van der Waals surface area contributed by atoms with Crippen molar-refractivity contribution in [3.8, 4) is 5.75 Å². The van der Waals surface area contributed by atoms with E-state index in [1.54, 1.807) is 29.5 Å². The van der Waals surface area contributed by atoms with E-state index in [1.165, 1.54) is 16.9 Å². The number of benzene rings is 1. The summed E-state index contributed by atoms with van der Waals surface area (Å²) >= 11 is 1.57. The summed E-state index contributed by atoms with van der Waals surface area (Å²) in [7, 11) is 0. The molecule has 2 N–H and O–H groups in total. The maximum atomic E-state index is 12.3. The molecular weight excluding hydrogens is 300 g/mol. The van der Waals surface area contributed by atoms with Crippen LogP contribution in [0.5, 0.6) is 5.75 Å². The van der Waals surface area contributed by atoms with E-state index in [0.29, 0.717) is 17.1 Å². The molecule has 22 heavy (non-hydrogen) atoms. The smallest absolute Gasteiger partial charge is 0.265 e. The van der Waals surface area contributed by atoms with Gasteiger partial charge in [0.05, 0.1) is 10.6 Å². The molecule has 4 rings (SSSR count). The minimum absolute atomic E-state index is 0.0272. The molecule has 0 saturated heterocycles. The summed E-state index contributed by atoms with van der Waals surface area (Å²) in [6.45, 7) is 0.0272. The van der Waals surface area contributed by atoms with E-state index in [1.807, 2.05) is 6.07 Å². The maximum absolute atomic E-state index is 12.3. The van der Waals surface area contributed by atoms with Crippen LogP contribution in [0.4, 0.5) is 11.4 Å². The lowest BCUT2D eigenvalue weighted by molar-refractivity contribution is -0.118. The van der Waals surface area contributed by atoms with Crippen molar-refractivity contribution >= 4 is 34.5 Å². The number of nitrogens with one attached hydrogen (secondary N) is 2. The summed E-state index contributed by atoms with van der Waals surface area (Å²) in [4.78, 5) is 25.7. The zero-order valence-electron chi connectivity index (χ0n) is 11.8. The van der Waals surface area contributed by atoms with Gasteiger partial charge in [-0.2, -0.15) is 0 Å². The number of anilines is 2. The lowest BCUT2D eigenvalue weighted by Crippen LogP contribution is -2.25. The molecule has 0 atom stereocenters. The number of hydrogen-bond acceptors (Lipinski definition) is 4. The van der Waals surface area contributed by atoms with Gasteiger partial charge < -0.3 is 15.4 Å². The van der Waals surface area contributed by atoms with Gasteiger partial charge >= 0.3 is 0 Å². The molecule has 0 unspecified atom stereocenters. The van der Waals surface area contributed by atoms with Crippen LogP contribution in [0, 0.1) is 0 Å². The van der Waals surface area contributed by atoms with Crippen LogP contribution < -0.4 is 15.4 Å². The van der Waals surface area contributed by atoms with Gasteiger partial charge in [-0.05, 0) is 49.1 Å². The number of hydrogen-bond donors (Lipinski definition) is 2. The Morgan fingerprint density at radius 3 is 3.05 bits per heavy atom. The summed E-state index contributed by atoms with van der Waals surface area (Å²) in [5.41, 5.74) is 2.53. The fraction of sp³-hybridized carbons (Fsp3) is 0.250. The second kappa shape index (κ2) is 5.14. The standard InChI is InChI=1S/C16H14N2O3S/c19-15-8-21-12-5-4-10(7-11(12)18-15)17-16(20)14-6-9-2-1-3-13(9)22-14/h4-7H,1-3,8H2,(H,17,20)(H,18,19). The summed E-state index contributed by atoms with van der Waals surface area (Å²) < 4.78 is 5.30. The molecule has 1 aromatic heterocycles. The summed E-state index contributed by atoms with van der Waals surface area (Å²) in [5, 5.41) is 5.61. The summed E-state index contributed by atoms with van der Waals surface area (Å²) in [6, 6.07) is 7.23. The molecule has 6 heteroatoms. The third-order valence-electron chi connectivity index (χ3n) is 3.84. The van der Waals surface area contributed by atoms with Gasteiger partial charge in [-0.15, -0.1) is 11.3 Å². The average Bonchev–Trinajstić information content (AvgIpc) is 3.08. The van der Waals surface area contributed by atoms with Crippen LogP contribution in [0.1, 0.15) is 26.5 Å². The van der Waals surface area contributed by atoms with Gasteiger partial charge in [0.15, 0.2) is 6.61 Å². The Bertz CT molecular complexity index is 760. The fourth-order valence-corrected chi connectivity index (χ4v) is 3.94. The molecule has 0 saturated carbocycles. The first-order valence-corrected chi connectivity index (χ1v) is 8.00. The van der Waals surface area contributed by atoms with Gasteiger partial charge in [0.25, 0.3) is 11.8 Å². The number of aryl methyl sites for hydroxylation is 2. The Balaban J connectivity index is 1.54. The fourth-order valence-electron chi connectivity index (χ4n) is 2.79. The minimum atomic E-state index is -0.189. The quantitative estimate of drug-likeness (QED) is 0.895. The van der Waals surface area contributed by atoms with E-state index in [4.69, 9.17) is 4.74 Å². The van der Waals surface area contributed by atoms with Crippen molar-refractivity contribution in [1.29, 1.82) is 0 Å². The van der Waals surface area contributed by atoms with E-state index in [9.17, 15) is 9.59 Å². The minimum Gasteiger partial charge on any atom is -0.482 e. The third kappa shape index (κ3) is 2.35. The molecule has 2 aromatic rings. The lowest BCUT2D eigenvalue weighted by atomic mass is 10.2. The third-order valence-corrected chi connectivity index (χ3v) is 5.08. The molecular formula is C16H14N2O3S. The molecule has 0 radical (unpaired) electrons. The van der Waals surface area contributed by atoms with Crippen LogP contribution in [0.3, 0.4) is 0 Å². The Morgan fingerprint density at radius 2 is 2.18 bits per heavy atom. The molecule has 1 aliphatic heterocycles. The van der Waals surface area contributed by atoms with Crippen molar-refractivity contribution in [3.63, 3.8) is 0 Å². The van der Waals surface area contributed by atoms with Crippen molar-refractivity contribution < 1.29 is 14.3 Å². The number of fused-ring (bicyclic) bond motifs is 2. The molecule has 0 spiro atoms. The topological polar surface area (TPSA) is 67.4 Å². The Labute approximate surface area is 131 Å². The van der Waals surface area contributed by atoms with Gasteiger partial charge in [0, 0.05) is 10.6 Å². The monoisotopic (exact) mass is 314 g/mol. The molecule has 0 bridgehead atoms. The van der Waals surface area contributed by atoms with Crippen LogP contribution >= 0.6 is 11.3 Å². The molecule has 112 valence electrons. The number of ether oxygens (including phenoxy) is 1. The van der Waals surface area contributed by atoms with Crippen LogP contribution in [-0.2, 0) is 17.6 Å². The number of rotatable bonds is 2. The molecule has 2 aliphatic rings. The normalized spacial score (nSPS) is 15.5. The van der Waals surface area contributed by atoms with Gasteiger partial charge in [-0.25, -0.2) is 0 Å². The highest BCUT2D eigenvalue weighted by Gasteiger charge is 2.20. The van der Waals surface area contributed by atoms with E-state index in [0.717, 1.165) is 17.7 Å². The van der Waals surface area contributed by atoms with E-state index >= 15 is 0 Å². The van der Waals surface area contributed by atoms with Crippen LogP contribution in [0.2, 0.25) is 0 Å². The van der Waals surface area contributed by atoms with Gasteiger partial charge in [0.2, 0.25) is 0 Å². The average molecular weight is 314 g/mol. The van der Waals surface area contributed by atoms with Crippen molar-refractivity contribution in [3.05, 3.63) is 39.6 Å².